The summed E-state index contributed by atoms with van der Waals surface area (Å²) in [7, 11) is 0. The van der Waals surface area contributed by atoms with Gasteiger partial charge in [-0.05, 0) is 35.4 Å². The Bertz CT molecular complexity index is 422. The minimum Gasteiger partial charge on any atom is -0.104 e. The summed E-state index contributed by atoms with van der Waals surface area (Å²) in [5.74, 6) is 6.35. The minimum absolute atomic E-state index is 0.234. The molecule has 0 saturated heterocycles. The van der Waals surface area contributed by atoms with Crippen LogP contribution in [0.15, 0.2) is 18.2 Å². The van der Waals surface area contributed by atoms with E-state index < -0.39 is 0 Å². The summed E-state index contributed by atoms with van der Waals surface area (Å²) in [6.45, 7) is 11.1. The second-order valence-electron chi connectivity index (χ2n) is 5.60. The highest BCUT2D eigenvalue weighted by atomic mass is 14.2. The van der Waals surface area contributed by atoms with Gasteiger partial charge in [0.05, 0.1) is 0 Å². The molecule has 0 heterocycles. The lowest BCUT2D eigenvalue weighted by Gasteiger charge is -2.20. The molecule has 0 aliphatic rings. The van der Waals surface area contributed by atoms with Crippen LogP contribution in [0, 0.1) is 18.8 Å². The molecule has 0 radical (unpaired) electrons. The zero-order valence-electron chi connectivity index (χ0n) is 11.9. The Kier molecular flexibility index (Phi) is 4.82. The SMILES string of the molecule is CCC#CCCc1cc(C(C)(C)C)ccc1C. The maximum atomic E-state index is 3.22. The van der Waals surface area contributed by atoms with Gasteiger partial charge in [0.15, 0.2) is 0 Å². The van der Waals surface area contributed by atoms with Gasteiger partial charge >= 0.3 is 0 Å². The lowest BCUT2D eigenvalue weighted by Crippen LogP contribution is -2.11. The fraction of sp³-hybridized carbons (Fsp3) is 0.529. The Labute approximate surface area is 106 Å². The van der Waals surface area contributed by atoms with E-state index in [1.165, 1.54) is 16.7 Å². The summed E-state index contributed by atoms with van der Waals surface area (Å²) in [4.78, 5) is 0. The van der Waals surface area contributed by atoms with Crippen LogP contribution in [0.1, 0.15) is 57.2 Å². The molecule has 17 heavy (non-hydrogen) atoms. The minimum atomic E-state index is 0.234. The first-order valence-electron chi connectivity index (χ1n) is 6.51. The van der Waals surface area contributed by atoms with Crippen molar-refractivity contribution in [2.45, 2.75) is 59.3 Å². The van der Waals surface area contributed by atoms with Crippen molar-refractivity contribution in [3.8, 4) is 11.8 Å². The van der Waals surface area contributed by atoms with Gasteiger partial charge in [0.25, 0.3) is 0 Å². The third-order valence-corrected chi connectivity index (χ3v) is 3.04. The molecule has 0 amide bonds. The molecule has 0 unspecified atom stereocenters. The maximum absolute atomic E-state index is 3.22. The highest BCUT2D eigenvalue weighted by Gasteiger charge is 2.14. The monoisotopic (exact) mass is 228 g/mol. The fourth-order valence-electron chi connectivity index (χ4n) is 1.82. The largest absolute Gasteiger partial charge is 0.104 e. The van der Waals surface area contributed by atoms with E-state index in [0.717, 1.165) is 19.3 Å². The highest BCUT2D eigenvalue weighted by molar-refractivity contribution is 5.35. The van der Waals surface area contributed by atoms with E-state index in [2.05, 4.69) is 64.7 Å². The Morgan fingerprint density at radius 1 is 1.12 bits per heavy atom. The van der Waals surface area contributed by atoms with Crippen LogP contribution >= 0.6 is 0 Å². The van der Waals surface area contributed by atoms with Crippen LogP contribution in [0.2, 0.25) is 0 Å². The van der Waals surface area contributed by atoms with Crippen LogP contribution in [0.3, 0.4) is 0 Å². The van der Waals surface area contributed by atoms with E-state index in [4.69, 9.17) is 0 Å². The molecule has 0 aromatic heterocycles. The van der Waals surface area contributed by atoms with Crippen LogP contribution in [-0.2, 0) is 11.8 Å². The van der Waals surface area contributed by atoms with Crippen molar-refractivity contribution in [2.24, 2.45) is 0 Å². The van der Waals surface area contributed by atoms with Crippen molar-refractivity contribution in [1.82, 2.24) is 0 Å². The van der Waals surface area contributed by atoms with Gasteiger partial charge in [-0.3, -0.25) is 0 Å². The molecule has 0 N–H and O–H groups in total. The van der Waals surface area contributed by atoms with Crippen LogP contribution in [-0.4, -0.2) is 0 Å². The van der Waals surface area contributed by atoms with Gasteiger partial charge in [0.1, 0.15) is 0 Å². The number of benzene rings is 1. The summed E-state index contributed by atoms with van der Waals surface area (Å²) in [6, 6.07) is 6.84. The van der Waals surface area contributed by atoms with Crippen LogP contribution in [0.25, 0.3) is 0 Å². The van der Waals surface area contributed by atoms with Gasteiger partial charge in [0, 0.05) is 12.8 Å². The summed E-state index contributed by atoms with van der Waals surface area (Å²) in [5.41, 5.74) is 4.48. The third kappa shape index (κ3) is 4.27. The summed E-state index contributed by atoms with van der Waals surface area (Å²) in [5, 5.41) is 0. The van der Waals surface area contributed by atoms with Gasteiger partial charge in [-0.2, -0.15) is 0 Å². The average Bonchev–Trinajstić information content (AvgIpc) is 2.25. The number of aryl methyl sites for hydroxylation is 2. The molecule has 92 valence electrons. The quantitative estimate of drug-likeness (QED) is 0.647. The fourth-order valence-corrected chi connectivity index (χ4v) is 1.82. The van der Waals surface area contributed by atoms with Gasteiger partial charge in [-0.25, -0.2) is 0 Å². The van der Waals surface area contributed by atoms with Crippen molar-refractivity contribution in [1.29, 1.82) is 0 Å². The molecule has 0 aliphatic heterocycles. The van der Waals surface area contributed by atoms with E-state index >= 15 is 0 Å². The molecule has 0 saturated carbocycles. The topological polar surface area (TPSA) is 0 Å². The standard InChI is InChI=1S/C17H24/c1-6-7-8-9-10-15-13-16(17(3,4)5)12-11-14(15)2/h11-13H,6,9-10H2,1-5H3. The van der Waals surface area contributed by atoms with E-state index in [1.54, 1.807) is 0 Å². The summed E-state index contributed by atoms with van der Waals surface area (Å²) < 4.78 is 0. The Balaban J connectivity index is 2.84. The molecule has 1 rings (SSSR count). The summed E-state index contributed by atoms with van der Waals surface area (Å²) in [6.07, 6.45) is 3.01. The lowest BCUT2D eigenvalue weighted by molar-refractivity contribution is 0.589. The van der Waals surface area contributed by atoms with Crippen molar-refractivity contribution >= 4 is 0 Å². The van der Waals surface area contributed by atoms with E-state index in [1.807, 2.05) is 0 Å². The van der Waals surface area contributed by atoms with Gasteiger partial charge in [0.2, 0.25) is 0 Å². The number of hydrogen-bond acceptors (Lipinski definition) is 0. The second-order valence-corrected chi connectivity index (χ2v) is 5.60. The normalized spacial score (nSPS) is 10.9. The maximum Gasteiger partial charge on any atom is 0.0129 e. The van der Waals surface area contributed by atoms with E-state index in [9.17, 15) is 0 Å². The van der Waals surface area contributed by atoms with Crippen LogP contribution < -0.4 is 0 Å². The predicted octanol–water partition coefficient (Wildman–Crippen LogP) is 4.64. The first-order valence-corrected chi connectivity index (χ1v) is 6.51. The highest BCUT2D eigenvalue weighted by Crippen LogP contribution is 2.24. The Morgan fingerprint density at radius 3 is 2.41 bits per heavy atom. The van der Waals surface area contributed by atoms with Crippen molar-refractivity contribution in [3.05, 3.63) is 34.9 Å². The molecule has 0 spiro atoms. The van der Waals surface area contributed by atoms with Crippen molar-refractivity contribution < 1.29 is 0 Å². The average molecular weight is 228 g/mol. The molecule has 0 atom stereocenters. The lowest BCUT2D eigenvalue weighted by atomic mass is 9.85. The van der Waals surface area contributed by atoms with Crippen molar-refractivity contribution in [2.75, 3.05) is 0 Å². The molecule has 0 bridgehead atoms. The zero-order valence-corrected chi connectivity index (χ0v) is 11.9. The number of hydrogen-bond donors (Lipinski definition) is 0. The zero-order chi connectivity index (χ0) is 12.9. The smallest absolute Gasteiger partial charge is 0.0129 e. The first kappa shape index (κ1) is 13.8. The Morgan fingerprint density at radius 2 is 1.82 bits per heavy atom. The van der Waals surface area contributed by atoms with Crippen LogP contribution in [0.4, 0.5) is 0 Å². The molecule has 0 nitrogen and oxygen atoms in total. The second kappa shape index (κ2) is 5.92. The molecular formula is C17H24. The number of rotatable bonds is 2. The molecule has 0 heteroatoms. The molecule has 1 aromatic rings. The Hall–Kier alpha value is -1.22. The van der Waals surface area contributed by atoms with Gasteiger partial charge in [-0.1, -0.05) is 45.9 Å². The van der Waals surface area contributed by atoms with Crippen LogP contribution in [0.5, 0.6) is 0 Å². The molecule has 0 fully saturated rings. The predicted molar refractivity (Wildman–Crippen MR) is 76.3 cm³/mol. The molecular weight excluding hydrogens is 204 g/mol. The first-order chi connectivity index (χ1) is 7.95. The molecule has 1 aromatic carbocycles. The van der Waals surface area contributed by atoms with Gasteiger partial charge < -0.3 is 0 Å². The third-order valence-electron chi connectivity index (χ3n) is 3.04. The molecule has 0 aliphatic carbocycles. The summed E-state index contributed by atoms with van der Waals surface area (Å²) >= 11 is 0. The van der Waals surface area contributed by atoms with Crippen molar-refractivity contribution in [3.63, 3.8) is 0 Å². The van der Waals surface area contributed by atoms with E-state index in [-0.39, 0.29) is 5.41 Å². The van der Waals surface area contributed by atoms with Gasteiger partial charge in [-0.15, -0.1) is 11.8 Å². The van der Waals surface area contributed by atoms with E-state index in [0.29, 0.717) is 0 Å².